The molecule has 5 nitrogen and oxygen atoms in total. The summed E-state index contributed by atoms with van der Waals surface area (Å²) in [6.45, 7) is 9.78. The SMILES string of the molecule is CCOCCOc1cc(C)ccc1CNC(=O)C(C)C(C)N. The van der Waals surface area contributed by atoms with Gasteiger partial charge in [0.05, 0.1) is 6.61 Å². The van der Waals surface area contributed by atoms with Gasteiger partial charge >= 0.3 is 0 Å². The van der Waals surface area contributed by atoms with Gasteiger partial charge in [0.2, 0.25) is 5.91 Å². The van der Waals surface area contributed by atoms with Gasteiger partial charge in [-0.25, -0.2) is 0 Å². The van der Waals surface area contributed by atoms with E-state index in [4.69, 9.17) is 15.2 Å². The van der Waals surface area contributed by atoms with Gasteiger partial charge in [-0.05, 0) is 32.4 Å². The molecule has 3 N–H and O–H groups in total. The lowest BCUT2D eigenvalue weighted by molar-refractivity contribution is -0.125. The van der Waals surface area contributed by atoms with Gasteiger partial charge in [-0.1, -0.05) is 19.1 Å². The Morgan fingerprint density at radius 1 is 1.32 bits per heavy atom. The zero-order valence-electron chi connectivity index (χ0n) is 14.0. The molecular formula is C17H28N2O3. The second-order valence-corrected chi connectivity index (χ2v) is 5.52. The van der Waals surface area contributed by atoms with Gasteiger partial charge in [0.25, 0.3) is 0 Å². The molecule has 0 saturated carbocycles. The molecule has 1 amide bonds. The van der Waals surface area contributed by atoms with Crippen molar-refractivity contribution < 1.29 is 14.3 Å². The van der Waals surface area contributed by atoms with Gasteiger partial charge in [0, 0.05) is 30.7 Å². The maximum Gasteiger partial charge on any atom is 0.224 e. The van der Waals surface area contributed by atoms with Gasteiger partial charge in [-0.3, -0.25) is 4.79 Å². The molecule has 5 heteroatoms. The molecule has 0 fully saturated rings. The Hall–Kier alpha value is -1.59. The first-order valence-electron chi connectivity index (χ1n) is 7.79. The molecule has 1 aromatic carbocycles. The third-order valence-electron chi connectivity index (χ3n) is 3.57. The lowest BCUT2D eigenvalue weighted by Gasteiger charge is -2.17. The molecule has 2 atom stereocenters. The van der Waals surface area contributed by atoms with Crippen molar-refractivity contribution >= 4 is 5.91 Å². The highest BCUT2D eigenvalue weighted by Gasteiger charge is 2.17. The topological polar surface area (TPSA) is 73.6 Å². The number of aryl methyl sites for hydroxylation is 1. The van der Waals surface area contributed by atoms with Crippen LogP contribution < -0.4 is 15.8 Å². The van der Waals surface area contributed by atoms with Gasteiger partial charge in [0.1, 0.15) is 12.4 Å². The first-order valence-corrected chi connectivity index (χ1v) is 7.79. The van der Waals surface area contributed by atoms with E-state index in [1.54, 1.807) is 0 Å². The molecule has 0 spiro atoms. The van der Waals surface area contributed by atoms with Gasteiger partial charge < -0.3 is 20.5 Å². The number of benzene rings is 1. The third kappa shape index (κ3) is 6.03. The largest absolute Gasteiger partial charge is 0.491 e. The fourth-order valence-electron chi connectivity index (χ4n) is 1.88. The molecule has 0 saturated heterocycles. The number of amides is 1. The van der Waals surface area contributed by atoms with Crippen LogP contribution in [0.15, 0.2) is 18.2 Å². The van der Waals surface area contributed by atoms with Crippen LogP contribution in [0.2, 0.25) is 0 Å². The maximum atomic E-state index is 12.0. The van der Waals surface area contributed by atoms with E-state index in [9.17, 15) is 4.79 Å². The zero-order chi connectivity index (χ0) is 16.5. The molecule has 0 aliphatic carbocycles. The summed E-state index contributed by atoms with van der Waals surface area (Å²) < 4.78 is 11.0. The summed E-state index contributed by atoms with van der Waals surface area (Å²) in [4.78, 5) is 12.0. The summed E-state index contributed by atoms with van der Waals surface area (Å²) in [6.07, 6.45) is 0. The highest BCUT2D eigenvalue weighted by atomic mass is 16.5. The standard InChI is InChI=1S/C17H28N2O3/c1-5-21-8-9-22-16-10-12(2)6-7-15(16)11-19-17(20)13(3)14(4)18/h6-7,10,13-14H,5,8-9,11,18H2,1-4H3,(H,19,20). The van der Waals surface area contributed by atoms with Crippen molar-refractivity contribution in [3.63, 3.8) is 0 Å². The number of carbonyl (C=O) groups excluding carboxylic acids is 1. The molecule has 0 aliphatic rings. The molecule has 1 aromatic rings. The highest BCUT2D eigenvalue weighted by molar-refractivity contribution is 5.79. The molecule has 0 aromatic heterocycles. The van der Waals surface area contributed by atoms with Crippen molar-refractivity contribution in [1.29, 1.82) is 0 Å². The van der Waals surface area contributed by atoms with Gasteiger partial charge in [-0.2, -0.15) is 0 Å². The smallest absolute Gasteiger partial charge is 0.224 e. The second kappa shape index (κ2) is 9.43. The van der Waals surface area contributed by atoms with E-state index < -0.39 is 0 Å². The molecule has 22 heavy (non-hydrogen) atoms. The van der Waals surface area contributed by atoms with Crippen LogP contribution in [0.1, 0.15) is 31.9 Å². The minimum Gasteiger partial charge on any atom is -0.491 e. The van der Waals surface area contributed by atoms with Crippen LogP contribution in [0, 0.1) is 12.8 Å². The van der Waals surface area contributed by atoms with Crippen molar-refractivity contribution in [3.8, 4) is 5.75 Å². The summed E-state index contributed by atoms with van der Waals surface area (Å²) in [5.74, 6) is 0.525. The van der Waals surface area contributed by atoms with Crippen LogP contribution in [0.5, 0.6) is 5.75 Å². The molecule has 0 heterocycles. The van der Waals surface area contributed by atoms with Crippen LogP contribution in [-0.2, 0) is 16.1 Å². The van der Waals surface area contributed by atoms with Crippen LogP contribution in [0.25, 0.3) is 0 Å². The van der Waals surface area contributed by atoms with Gasteiger partial charge in [0.15, 0.2) is 0 Å². The fourth-order valence-corrected chi connectivity index (χ4v) is 1.88. The van der Waals surface area contributed by atoms with E-state index in [-0.39, 0.29) is 17.9 Å². The number of nitrogens with one attached hydrogen (secondary N) is 1. The van der Waals surface area contributed by atoms with Crippen molar-refractivity contribution in [3.05, 3.63) is 29.3 Å². The number of rotatable bonds is 9. The molecule has 1 rings (SSSR count). The van der Waals surface area contributed by atoms with E-state index in [2.05, 4.69) is 5.32 Å². The molecule has 124 valence electrons. The lowest BCUT2D eigenvalue weighted by Crippen LogP contribution is -2.38. The Labute approximate surface area is 133 Å². The summed E-state index contributed by atoms with van der Waals surface area (Å²) >= 11 is 0. The Balaban J connectivity index is 2.63. The molecule has 0 bridgehead atoms. The number of nitrogens with two attached hydrogens (primary N) is 1. The second-order valence-electron chi connectivity index (χ2n) is 5.52. The Morgan fingerprint density at radius 3 is 2.68 bits per heavy atom. The fraction of sp³-hybridized carbons (Fsp3) is 0.588. The summed E-state index contributed by atoms with van der Waals surface area (Å²) in [6, 6.07) is 5.79. The van der Waals surface area contributed by atoms with Crippen LogP contribution in [0.4, 0.5) is 0 Å². The van der Waals surface area contributed by atoms with E-state index in [1.165, 1.54) is 0 Å². The van der Waals surface area contributed by atoms with E-state index >= 15 is 0 Å². The van der Waals surface area contributed by atoms with Crippen molar-refractivity contribution in [2.24, 2.45) is 11.7 Å². The average Bonchev–Trinajstić information content (AvgIpc) is 2.49. The lowest BCUT2D eigenvalue weighted by atomic mass is 10.0. The minimum atomic E-state index is -0.215. The number of ether oxygens (including phenoxy) is 2. The number of hydrogen-bond acceptors (Lipinski definition) is 4. The summed E-state index contributed by atoms with van der Waals surface area (Å²) in [5, 5.41) is 2.91. The van der Waals surface area contributed by atoms with Crippen LogP contribution in [0.3, 0.4) is 0 Å². The van der Waals surface area contributed by atoms with Crippen molar-refractivity contribution in [1.82, 2.24) is 5.32 Å². The van der Waals surface area contributed by atoms with Crippen LogP contribution in [-0.4, -0.2) is 31.8 Å². The summed E-state index contributed by atoms with van der Waals surface area (Å²) in [7, 11) is 0. The maximum absolute atomic E-state index is 12.0. The Bertz CT molecular complexity index is 475. The van der Waals surface area contributed by atoms with E-state index in [0.717, 1.165) is 16.9 Å². The number of hydrogen-bond donors (Lipinski definition) is 2. The first-order chi connectivity index (χ1) is 10.5. The average molecular weight is 308 g/mol. The predicted molar refractivity (Wildman–Crippen MR) is 87.8 cm³/mol. The van der Waals surface area contributed by atoms with Crippen LogP contribution >= 0.6 is 0 Å². The first kappa shape index (κ1) is 18.5. The molecule has 0 aliphatic heterocycles. The quantitative estimate of drug-likeness (QED) is 0.684. The monoisotopic (exact) mass is 308 g/mol. The normalized spacial score (nSPS) is 13.5. The van der Waals surface area contributed by atoms with Gasteiger partial charge in [-0.15, -0.1) is 0 Å². The number of carbonyl (C=O) groups is 1. The molecule has 0 radical (unpaired) electrons. The highest BCUT2D eigenvalue weighted by Crippen LogP contribution is 2.20. The summed E-state index contributed by atoms with van der Waals surface area (Å²) in [5.41, 5.74) is 7.82. The predicted octanol–water partition coefficient (Wildman–Crippen LogP) is 2.01. The Kier molecular flexibility index (Phi) is 7.91. The third-order valence-corrected chi connectivity index (χ3v) is 3.57. The zero-order valence-corrected chi connectivity index (χ0v) is 14.0. The minimum absolute atomic E-state index is 0.0455. The van der Waals surface area contributed by atoms with E-state index in [0.29, 0.717) is 26.4 Å². The molecule has 2 unspecified atom stereocenters. The van der Waals surface area contributed by atoms with Crippen molar-refractivity contribution in [2.75, 3.05) is 19.8 Å². The van der Waals surface area contributed by atoms with Crippen molar-refractivity contribution in [2.45, 2.75) is 40.3 Å². The molecular weight excluding hydrogens is 280 g/mol. The van der Waals surface area contributed by atoms with E-state index in [1.807, 2.05) is 45.9 Å². The Morgan fingerprint density at radius 2 is 2.05 bits per heavy atom.